The van der Waals surface area contributed by atoms with Gasteiger partial charge in [-0.15, -0.1) is 0 Å². The lowest BCUT2D eigenvalue weighted by Crippen LogP contribution is -2.38. The van der Waals surface area contributed by atoms with Crippen LogP contribution >= 0.6 is 0 Å². The van der Waals surface area contributed by atoms with E-state index in [1.807, 2.05) is 29.2 Å². The van der Waals surface area contributed by atoms with Crippen LogP contribution in [0.4, 0.5) is 5.69 Å². The number of hydrogen-bond acceptors (Lipinski definition) is 3. The molecule has 2 rings (SSSR count). The van der Waals surface area contributed by atoms with Gasteiger partial charge in [0.1, 0.15) is 5.75 Å². The third-order valence-electron chi connectivity index (χ3n) is 4.02. The Bertz CT molecular complexity index is 507. The molecule has 1 aromatic carbocycles. The molecule has 0 spiro atoms. The molecule has 22 heavy (non-hydrogen) atoms. The van der Waals surface area contributed by atoms with Crippen molar-refractivity contribution in [3.8, 4) is 5.75 Å². The fourth-order valence-electron chi connectivity index (χ4n) is 2.74. The summed E-state index contributed by atoms with van der Waals surface area (Å²) in [6.45, 7) is 3.63. The molecule has 0 radical (unpaired) electrons. The molecule has 1 fully saturated rings. The van der Waals surface area contributed by atoms with E-state index in [4.69, 9.17) is 4.74 Å². The molecular formula is C17H24N2O3. The van der Waals surface area contributed by atoms with Gasteiger partial charge in [0.05, 0.1) is 7.11 Å². The molecule has 1 aromatic rings. The van der Waals surface area contributed by atoms with Crippen molar-refractivity contribution in [2.24, 2.45) is 0 Å². The second kappa shape index (κ2) is 7.82. The SMILES string of the molecule is COc1ccc(N(CCC(=O)N2CCCCC2)C(C)=O)cc1. The molecule has 5 nitrogen and oxygen atoms in total. The Morgan fingerprint density at radius 2 is 1.77 bits per heavy atom. The zero-order valence-corrected chi connectivity index (χ0v) is 13.4. The summed E-state index contributed by atoms with van der Waals surface area (Å²) in [5.41, 5.74) is 0.791. The molecule has 0 saturated carbocycles. The summed E-state index contributed by atoms with van der Waals surface area (Å²) in [5.74, 6) is 0.827. The van der Waals surface area contributed by atoms with Crippen LogP contribution < -0.4 is 9.64 Å². The molecular weight excluding hydrogens is 280 g/mol. The number of rotatable bonds is 5. The standard InChI is InChI=1S/C17H24N2O3/c1-14(20)19(15-6-8-16(22-2)9-7-15)13-10-17(21)18-11-4-3-5-12-18/h6-9H,3-5,10-13H2,1-2H3. The van der Waals surface area contributed by atoms with Crippen molar-refractivity contribution in [2.75, 3.05) is 31.6 Å². The molecule has 1 saturated heterocycles. The van der Waals surface area contributed by atoms with E-state index >= 15 is 0 Å². The molecule has 0 atom stereocenters. The van der Waals surface area contributed by atoms with Crippen molar-refractivity contribution < 1.29 is 14.3 Å². The molecule has 1 aliphatic heterocycles. The highest BCUT2D eigenvalue weighted by molar-refractivity contribution is 5.92. The average molecular weight is 304 g/mol. The number of carbonyl (C=O) groups is 2. The number of carbonyl (C=O) groups excluding carboxylic acids is 2. The fraction of sp³-hybridized carbons (Fsp3) is 0.529. The second-order valence-electron chi connectivity index (χ2n) is 5.56. The van der Waals surface area contributed by atoms with Crippen LogP contribution in [0.1, 0.15) is 32.6 Å². The second-order valence-corrected chi connectivity index (χ2v) is 5.56. The van der Waals surface area contributed by atoms with Gasteiger partial charge in [-0.1, -0.05) is 0 Å². The van der Waals surface area contributed by atoms with Gasteiger partial charge in [0, 0.05) is 38.7 Å². The van der Waals surface area contributed by atoms with Gasteiger partial charge in [0.2, 0.25) is 11.8 Å². The third kappa shape index (κ3) is 4.23. The highest BCUT2D eigenvalue weighted by atomic mass is 16.5. The van der Waals surface area contributed by atoms with Gasteiger partial charge in [-0.05, 0) is 43.5 Å². The van der Waals surface area contributed by atoms with E-state index in [9.17, 15) is 9.59 Å². The van der Waals surface area contributed by atoms with E-state index in [-0.39, 0.29) is 11.8 Å². The van der Waals surface area contributed by atoms with E-state index < -0.39 is 0 Å². The Morgan fingerprint density at radius 3 is 2.32 bits per heavy atom. The third-order valence-corrected chi connectivity index (χ3v) is 4.02. The highest BCUT2D eigenvalue weighted by Crippen LogP contribution is 2.20. The van der Waals surface area contributed by atoms with Gasteiger partial charge in [0.15, 0.2) is 0 Å². The van der Waals surface area contributed by atoms with E-state index in [0.717, 1.165) is 37.4 Å². The minimum atomic E-state index is -0.0587. The first kappa shape index (κ1) is 16.3. The molecule has 1 heterocycles. The number of nitrogens with zero attached hydrogens (tertiary/aromatic N) is 2. The van der Waals surface area contributed by atoms with Crippen molar-refractivity contribution in [3.05, 3.63) is 24.3 Å². The minimum absolute atomic E-state index is 0.0587. The van der Waals surface area contributed by atoms with Crippen LogP contribution in [0.15, 0.2) is 24.3 Å². The first-order valence-corrected chi connectivity index (χ1v) is 7.82. The number of benzene rings is 1. The number of methoxy groups -OCH3 is 1. The van der Waals surface area contributed by atoms with Crippen LogP contribution in [-0.2, 0) is 9.59 Å². The zero-order valence-electron chi connectivity index (χ0n) is 13.4. The summed E-state index contributed by atoms with van der Waals surface area (Å²) in [5, 5.41) is 0. The van der Waals surface area contributed by atoms with Gasteiger partial charge < -0.3 is 14.5 Å². The van der Waals surface area contributed by atoms with Gasteiger partial charge in [-0.3, -0.25) is 9.59 Å². The summed E-state index contributed by atoms with van der Waals surface area (Å²) in [7, 11) is 1.61. The van der Waals surface area contributed by atoms with Crippen molar-refractivity contribution in [3.63, 3.8) is 0 Å². The normalized spacial score (nSPS) is 14.5. The van der Waals surface area contributed by atoms with Crippen LogP contribution in [0.25, 0.3) is 0 Å². The maximum atomic E-state index is 12.2. The lowest BCUT2D eigenvalue weighted by Gasteiger charge is -2.28. The summed E-state index contributed by atoms with van der Waals surface area (Å²) in [6, 6.07) is 7.31. The molecule has 0 aliphatic carbocycles. The first-order chi connectivity index (χ1) is 10.6. The predicted molar refractivity (Wildman–Crippen MR) is 86.1 cm³/mol. The Balaban J connectivity index is 1.96. The van der Waals surface area contributed by atoms with Crippen LogP contribution in [-0.4, -0.2) is 43.5 Å². The molecule has 1 aliphatic rings. The summed E-state index contributed by atoms with van der Waals surface area (Å²) in [4.78, 5) is 27.6. The smallest absolute Gasteiger partial charge is 0.224 e. The zero-order chi connectivity index (χ0) is 15.9. The number of likely N-dealkylation sites (tertiary alicyclic amines) is 1. The van der Waals surface area contributed by atoms with E-state index in [1.165, 1.54) is 13.3 Å². The lowest BCUT2D eigenvalue weighted by molar-refractivity contribution is -0.131. The first-order valence-electron chi connectivity index (χ1n) is 7.82. The van der Waals surface area contributed by atoms with Crippen molar-refractivity contribution in [2.45, 2.75) is 32.6 Å². The van der Waals surface area contributed by atoms with Crippen LogP contribution in [0.2, 0.25) is 0 Å². The van der Waals surface area contributed by atoms with E-state index in [1.54, 1.807) is 12.0 Å². The molecule has 0 bridgehead atoms. The predicted octanol–water partition coefficient (Wildman–Crippen LogP) is 2.45. The van der Waals surface area contributed by atoms with E-state index in [0.29, 0.717) is 13.0 Å². The molecule has 0 aromatic heterocycles. The topological polar surface area (TPSA) is 49.9 Å². The van der Waals surface area contributed by atoms with Crippen LogP contribution in [0.3, 0.4) is 0 Å². The number of ether oxygens (including phenoxy) is 1. The maximum absolute atomic E-state index is 12.2. The van der Waals surface area contributed by atoms with Crippen molar-refractivity contribution >= 4 is 17.5 Å². The lowest BCUT2D eigenvalue weighted by atomic mass is 10.1. The summed E-state index contributed by atoms with van der Waals surface area (Å²) >= 11 is 0. The molecule has 0 N–H and O–H groups in total. The summed E-state index contributed by atoms with van der Waals surface area (Å²) in [6.07, 6.45) is 3.74. The largest absolute Gasteiger partial charge is 0.497 e. The average Bonchev–Trinajstić information content (AvgIpc) is 2.56. The summed E-state index contributed by atoms with van der Waals surface area (Å²) < 4.78 is 5.12. The number of piperidine rings is 1. The van der Waals surface area contributed by atoms with Crippen LogP contribution in [0.5, 0.6) is 5.75 Å². The molecule has 120 valence electrons. The number of hydrogen-bond donors (Lipinski definition) is 0. The maximum Gasteiger partial charge on any atom is 0.224 e. The minimum Gasteiger partial charge on any atom is -0.497 e. The van der Waals surface area contributed by atoms with Gasteiger partial charge in [-0.25, -0.2) is 0 Å². The van der Waals surface area contributed by atoms with Crippen molar-refractivity contribution in [1.29, 1.82) is 0 Å². The van der Waals surface area contributed by atoms with E-state index in [2.05, 4.69) is 0 Å². The Labute approximate surface area is 131 Å². The van der Waals surface area contributed by atoms with Gasteiger partial charge in [-0.2, -0.15) is 0 Å². The number of amides is 2. The molecule has 0 unspecified atom stereocenters. The van der Waals surface area contributed by atoms with Crippen LogP contribution in [0, 0.1) is 0 Å². The molecule has 2 amide bonds. The Hall–Kier alpha value is -2.04. The molecule has 5 heteroatoms. The Morgan fingerprint density at radius 1 is 1.14 bits per heavy atom. The number of anilines is 1. The highest BCUT2D eigenvalue weighted by Gasteiger charge is 2.19. The monoisotopic (exact) mass is 304 g/mol. The fourth-order valence-corrected chi connectivity index (χ4v) is 2.74. The van der Waals surface area contributed by atoms with Gasteiger partial charge in [0.25, 0.3) is 0 Å². The van der Waals surface area contributed by atoms with Crippen molar-refractivity contribution in [1.82, 2.24) is 4.90 Å². The quantitative estimate of drug-likeness (QED) is 0.839. The Kier molecular flexibility index (Phi) is 5.81. The van der Waals surface area contributed by atoms with Gasteiger partial charge >= 0.3 is 0 Å².